The van der Waals surface area contributed by atoms with Crippen LogP contribution in [0.2, 0.25) is 0 Å². The lowest BCUT2D eigenvalue weighted by molar-refractivity contribution is 0.520. The van der Waals surface area contributed by atoms with E-state index in [1.54, 1.807) is 0 Å². The maximum Gasteiger partial charge on any atom is 0.0541 e. The summed E-state index contributed by atoms with van der Waals surface area (Å²) in [5.41, 5.74) is 2.38. The van der Waals surface area contributed by atoms with Crippen LogP contribution in [-0.4, -0.2) is 22.5 Å². The van der Waals surface area contributed by atoms with Crippen molar-refractivity contribution in [3.63, 3.8) is 0 Å². The number of hydrogen-bond acceptors (Lipinski definition) is 3. The summed E-state index contributed by atoms with van der Waals surface area (Å²) in [5, 5.41) is 4.47. The van der Waals surface area contributed by atoms with Crippen LogP contribution in [0.1, 0.15) is 30.5 Å². The molecule has 2 rings (SSSR count). The summed E-state index contributed by atoms with van der Waals surface area (Å²) >= 11 is 2.00. The normalized spacial score (nSPS) is 24.9. The predicted octanol–water partition coefficient (Wildman–Crippen LogP) is 2.76. The Bertz CT molecular complexity index is 323. The number of pyridine rings is 1. The van der Waals surface area contributed by atoms with Crippen molar-refractivity contribution in [1.29, 1.82) is 0 Å². The summed E-state index contributed by atoms with van der Waals surface area (Å²) in [4.78, 5) is 4.41. The predicted molar refractivity (Wildman–Crippen MR) is 70.8 cm³/mol. The van der Waals surface area contributed by atoms with Gasteiger partial charge in [-0.05, 0) is 44.1 Å². The second-order valence-electron chi connectivity index (χ2n) is 4.58. The van der Waals surface area contributed by atoms with E-state index in [2.05, 4.69) is 35.6 Å². The molecule has 1 saturated carbocycles. The molecule has 0 aliphatic heterocycles. The zero-order valence-electron chi connectivity index (χ0n) is 10.1. The van der Waals surface area contributed by atoms with Gasteiger partial charge in [-0.3, -0.25) is 4.98 Å². The van der Waals surface area contributed by atoms with Crippen molar-refractivity contribution in [3.8, 4) is 0 Å². The monoisotopic (exact) mass is 236 g/mol. The van der Waals surface area contributed by atoms with Crippen molar-refractivity contribution in [3.05, 3.63) is 29.6 Å². The molecule has 3 heteroatoms. The maximum atomic E-state index is 4.41. The molecule has 0 bridgehead atoms. The van der Waals surface area contributed by atoms with E-state index in [1.165, 1.54) is 24.8 Å². The van der Waals surface area contributed by atoms with E-state index >= 15 is 0 Å². The smallest absolute Gasteiger partial charge is 0.0541 e. The maximum absolute atomic E-state index is 4.41. The highest BCUT2D eigenvalue weighted by atomic mass is 32.2. The highest BCUT2D eigenvalue weighted by Crippen LogP contribution is 2.28. The number of aromatic nitrogens is 1. The van der Waals surface area contributed by atoms with E-state index in [4.69, 9.17) is 0 Å². The van der Waals surface area contributed by atoms with Crippen molar-refractivity contribution in [2.75, 3.05) is 6.26 Å². The Hall–Kier alpha value is -0.540. The fourth-order valence-electron chi connectivity index (χ4n) is 2.19. The topological polar surface area (TPSA) is 24.9 Å². The Morgan fingerprint density at radius 3 is 2.94 bits per heavy atom. The van der Waals surface area contributed by atoms with Crippen LogP contribution in [0.3, 0.4) is 0 Å². The van der Waals surface area contributed by atoms with E-state index in [9.17, 15) is 0 Å². The number of thioether (sulfide) groups is 1. The SMILES string of the molecule is CSC1CCC(NCc2ccc(C)cn2)C1. The van der Waals surface area contributed by atoms with Gasteiger partial charge in [0.15, 0.2) is 0 Å². The molecule has 1 aromatic rings. The summed E-state index contributed by atoms with van der Waals surface area (Å²) in [6.45, 7) is 2.98. The summed E-state index contributed by atoms with van der Waals surface area (Å²) < 4.78 is 0. The highest BCUT2D eigenvalue weighted by Gasteiger charge is 2.23. The minimum absolute atomic E-state index is 0.695. The van der Waals surface area contributed by atoms with Crippen molar-refractivity contribution in [1.82, 2.24) is 10.3 Å². The van der Waals surface area contributed by atoms with Crippen LogP contribution < -0.4 is 5.32 Å². The molecule has 0 spiro atoms. The molecule has 16 heavy (non-hydrogen) atoms. The van der Waals surface area contributed by atoms with E-state index in [1.807, 2.05) is 18.0 Å². The van der Waals surface area contributed by atoms with Crippen molar-refractivity contribution in [2.24, 2.45) is 0 Å². The molecular formula is C13H20N2S. The molecule has 1 fully saturated rings. The average molecular weight is 236 g/mol. The van der Waals surface area contributed by atoms with Gasteiger partial charge in [-0.25, -0.2) is 0 Å². The molecule has 1 aliphatic rings. The third kappa shape index (κ3) is 3.22. The summed E-state index contributed by atoms with van der Waals surface area (Å²) in [6.07, 6.45) is 8.15. The van der Waals surface area contributed by atoms with Crippen molar-refractivity contribution >= 4 is 11.8 Å². The third-order valence-electron chi connectivity index (χ3n) is 3.26. The lowest BCUT2D eigenvalue weighted by Gasteiger charge is -2.12. The van der Waals surface area contributed by atoms with E-state index in [-0.39, 0.29) is 0 Å². The van der Waals surface area contributed by atoms with Gasteiger partial charge < -0.3 is 5.32 Å². The first-order chi connectivity index (χ1) is 7.78. The zero-order chi connectivity index (χ0) is 11.4. The van der Waals surface area contributed by atoms with Gasteiger partial charge in [-0.2, -0.15) is 11.8 Å². The fraction of sp³-hybridized carbons (Fsp3) is 0.615. The van der Waals surface area contributed by atoms with Gasteiger partial charge in [0.05, 0.1) is 5.69 Å². The molecule has 88 valence electrons. The molecule has 2 atom stereocenters. The number of nitrogens with zero attached hydrogens (tertiary/aromatic N) is 1. The first-order valence-corrected chi connectivity index (χ1v) is 7.24. The molecule has 2 unspecified atom stereocenters. The highest BCUT2D eigenvalue weighted by molar-refractivity contribution is 7.99. The van der Waals surface area contributed by atoms with Crippen LogP contribution >= 0.6 is 11.8 Å². The molecule has 1 aliphatic carbocycles. The van der Waals surface area contributed by atoms with Crippen LogP contribution in [0.4, 0.5) is 0 Å². The van der Waals surface area contributed by atoms with E-state index in [0.29, 0.717) is 6.04 Å². The van der Waals surface area contributed by atoms with Crippen LogP contribution in [0.25, 0.3) is 0 Å². The van der Waals surface area contributed by atoms with Crippen LogP contribution in [0.5, 0.6) is 0 Å². The Labute approximate surface area is 102 Å². The average Bonchev–Trinajstić information content (AvgIpc) is 2.76. The molecule has 0 radical (unpaired) electrons. The Balaban J connectivity index is 1.77. The Kier molecular flexibility index (Phi) is 4.24. The molecule has 1 N–H and O–H groups in total. The standard InChI is InChI=1S/C13H20N2S/c1-10-3-4-12(14-8-10)9-15-11-5-6-13(7-11)16-2/h3-4,8,11,13,15H,5-7,9H2,1-2H3. The Morgan fingerprint density at radius 1 is 1.44 bits per heavy atom. The van der Waals surface area contributed by atoms with Crippen molar-refractivity contribution < 1.29 is 0 Å². The van der Waals surface area contributed by atoms with E-state index in [0.717, 1.165) is 17.5 Å². The van der Waals surface area contributed by atoms with Gasteiger partial charge in [0.2, 0.25) is 0 Å². The summed E-state index contributed by atoms with van der Waals surface area (Å²) in [6, 6.07) is 4.94. The number of aryl methyl sites for hydroxylation is 1. The number of nitrogens with one attached hydrogen (secondary N) is 1. The number of rotatable bonds is 4. The van der Waals surface area contributed by atoms with Crippen molar-refractivity contribution in [2.45, 2.75) is 44.0 Å². The van der Waals surface area contributed by atoms with Crippen LogP contribution in [-0.2, 0) is 6.54 Å². The van der Waals surface area contributed by atoms with Gasteiger partial charge in [0, 0.05) is 24.0 Å². The van der Waals surface area contributed by atoms with E-state index < -0.39 is 0 Å². The quantitative estimate of drug-likeness (QED) is 0.870. The minimum Gasteiger partial charge on any atom is -0.308 e. The molecule has 0 amide bonds. The molecule has 2 nitrogen and oxygen atoms in total. The fourth-order valence-corrected chi connectivity index (χ4v) is 2.99. The first-order valence-electron chi connectivity index (χ1n) is 5.95. The lowest BCUT2D eigenvalue weighted by Crippen LogP contribution is -2.26. The van der Waals surface area contributed by atoms with Gasteiger partial charge >= 0.3 is 0 Å². The molecule has 1 aromatic heterocycles. The molecule has 0 aromatic carbocycles. The second kappa shape index (κ2) is 5.69. The van der Waals surface area contributed by atoms with Gasteiger partial charge in [-0.1, -0.05) is 6.07 Å². The summed E-state index contributed by atoms with van der Waals surface area (Å²) in [7, 11) is 0. The van der Waals surface area contributed by atoms with Gasteiger partial charge in [0.25, 0.3) is 0 Å². The minimum atomic E-state index is 0.695. The molecular weight excluding hydrogens is 216 g/mol. The first kappa shape index (κ1) is 11.9. The summed E-state index contributed by atoms with van der Waals surface area (Å²) in [5.74, 6) is 0. The zero-order valence-corrected chi connectivity index (χ0v) is 10.9. The van der Waals surface area contributed by atoms with Crippen LogP contribution in [0.15, 0.2) is 18.3 Å². The Morgan fingerprint density at radius 2 is 2.31 bits per heavy atom. The molecule has 0 saturated heterocycles. The molecule has 1 heterocycles. The third-order valence-corrected chi connectivity index (χ3v) is 4.36. The lowest BCUT2D eigenvalue weighted by atomic mass is 10.2. The number of hydrogen-bond donors (Lipinski definition) is 1. The largest absolute Gasteiger partial charge is 0.308 e. The second-order valence-corrected chi connectivity index (χ2v) is 5.71. The van der Waals surface area contributed by atoms with Gasteiger partial charge in [0.1, 0.15) is 0 Å². The van der Waals surface area contributed by atoms with Crippen LogP contribution in [0, 0.1) is 6.92 Å². The van der Waals surface area contributed by atoms with Gasteiger partial charge in [-0.15, -0.1) is 0 Å².